The van der Waals surface area contributed by atoms with Gasteiger partial charge in [-0.3, -0.25) is 14.5 Å². The van der Waals surface area contributed by atoms with Crippen LogP contribution in [0.4, 0.5) is 8.78 Å². The molecule has 0 bridgehead atoms. The Morgan fingerprint density at radius 2 is 1.71 bits per heavy atom. The van der Waals surface area contributed by atoms with E-state index in [1.807, 2.05) is 20.8 Å². The van der Waals surface area contributed by atoms with E-state index in [2.05, 4.69) is 0 Å². The number of halogens is 2. The second-order valence-electron chi connectivity index (χ2n) is 8.85. The largest absolute Gasteiger partial charge is 0.491 e. The lowest BCUT2D eigenvalue weighted by molar-refractivity contribution is -0.155. The molecule has 0 radical (unpaired) electrons. The Hall–Kier alpha value is -3.10. The molecule has 0 fully saturated rings. The molecule has 0 aliphatic rings. The van der Waals surface area contributed by atoms with Crippen molar-refractivity contribution in [3.63, 3.8) is 0 Å². The van der Waals surface area contributed by atoms with E-state index in [1.165, 1.54) is 23.5 Å². The molecule has 3 rings (SSSR count). The lowest BCUT2D eigenvalue weighted by Gasteiger charge is -2.22. The highest BCUT2D eigenvalue weighted by atomic mass is 32.1. The van der Waals surface area contributed by atoms with Gasteiger partial charge in [-0.2, -0.15) is 0 Å². The number of ether oxygens (including phenoxy) is 2. The number of hydrogen-bond donors (Lipinski definition) is 0. The molecule has 0 spiro atoms. The first kappa shape index (κ1) is 25.5. The maximum atomic E-state index is 13.7. The molecule has 0 aliphatic carbocycles. The Morgan fingerprint density at radius 3 is 2.32 bits per heavy atom. The number of carbonyl (C=O) groups is 2. The van der Waals surface area contributed by atoms with Crippen LogP contribution in [0.2, 0.25) is 0 Å². The van der Waals surface area contributed by atoms with Crippen LogP contribution >= 0.6 is 11.3 Å². The molecule has 0 saturated heterocycles. The molecule has 0 aliphatic heterocycles. The smallest absolute Gasteiger partial charge is 0.320 e. The number of ketones is 1. The summed E-state index contributed by atoms with van der Waals surface area (Å²) in [5.41, 5.74) is 0.547. The SMILES string of the molecule is CN(CCOc1ccc(-c2cc(F)cc(F)c2)cc1C(=O)c1cccs1)CC(=O)OC(C)(C)C. The standard InChI is InChI=1S/C26H27F2NO4S/c1-26(2,3)33-24(30)16-29(4)9-10-32-22-8-7-17(18-12-19(27)15-20(28)13-18)14-21(22)25(31)23-6-5-11-34-23/h5-8,11-15H,9-10,16H2,1-4H3. The second-order valence-corrected chi connectivity index (χ2v) is 9.80. The molecule has 5 nitrogen and oxygen atoms in total. The third kappa shape index (κ3) is 7.20. The lowest BCUT2D eigenvalue weighted by Crippen LogP contribution is -2.34. The second kappa shape index (κ2) is 10.9. The summed E-state index contributed by atoms with van der Waals surface area (Å²) in [6.07, 6.45) is 0. The average molecular weight is 488 g/mol. The highest BCUT2D eigenvalue weighted by Crippen LogP contribution is 2.30. The fraction of sp³-hybridized carbons (Fsp3) is 0.308. The molecule has 3 aromatic rings. The predicted molar refractivity (Wildman–Crippen MR) is 128 cm³/mol. The minimum atomic E-state index is -0.700. The van der Waals surface area contributed by atoms with Gasteiger partial charge in [-0.05, 0) is 74.7 Å². The third-order valence-corrected chi connectivity index (χ3v) is 5.58. The molecule has 0 atom stereocenters. The lowest BCUT2D eigenvalue weighted by atomic mass is 9.99. The summed E-state index contributed by atoms with van der Waals surface area (Å²) in [5.74, 6) is -1.63. The zero-order valence-corrected chi connectivity index (χ0v) is 20.4. The molecule has 34 heavy (non-hydrogen) atoms. The Kier molecular flexibility index (Phi) is 8.17. The van der Waals surface area contributed by atoms with Crippen LogP contribution in [0, 0.1) is 11.6 Å². The van der Waals surface area contributed by atoms with Gasteiger partial charge in [0, 0.05) is 12.6 Å². The van der Waals surface area contributed by atoms with Crippen LogP contribution in [0.25, 0.3) is 11.1 Å². The van der Waals surface area contributed by atoms with Crippen molar-refractivity contribution in [3.05, 3.63) is 76.0 Å². The highest BCUT2D eigenvalue weighted by Gasteiger charge is 2.19. The first-order valence-electron chi connectivity index (χ1n) is 10.7. The molecule has 0 unspecified atom stereocenters. The van der Waals surface area contributed by atoms with Crippen molar-refractivity contribution in [2.75, 3.05) is 26.7 Å². The maximum Gasteiger partial charge on any atom is 0.320 e. The summed E-state index contributed by atoms with van der Waals surface area (Å²) in [6, 6.07) is 11.6. The number of rotatable bonds is 9. The van der Waals surface area contributed by atoms with E-state index >= 15 is 0 Å². The van der Waals surface area contributed by atoms with Crippen molar-refractivity contribution in [1.29, 1.82) is 0 Å². The van der Waals surface area contributed by atoms with Gasteiger partial charge in [0.05, 0.1) is 17.0 Å². The summed E-state index contributed by atoms with van der Waals surface area (Å²) in [4.78, 5) is 27.4. The van der Waals surface area contributed by atoms with Gasteiger partial charge < -0.3 is 9.47 Å². The Morgan fingerprint density at radius 1 is 1.00 bits per heavy atom. The van der Waals surface area contributed by atoms with E-state index in [-0.39, 0.29) is 24.9 Å². The van der Waals surface area contributed by atoms with E-state index in [9.17, 15) is 18.4 Å². The van der Waals surface area contributed by atoms with Gasteiger partial charge in [0.15, 0.2) is 0 Å². The van der Waals surface area contributed by atoms with Gasteiger partial charge in [-0.15, -0.1) is 11.3 Å². The van der Waals surface area contributed by atoms with Crippen LogP contribution in [0.15, 0.2) is 53.9 Å². The first-order chi connectivity index (χ1) is 16.0. The number of likely N-dealkylation sites (N-methyl/N-ethyl adjacent to an activating group) is 1. The third-order valence-electron chi connectivity index (χ3n) is 4.71. The normalized spacial score (nSPS) is 11.5. The number of thiophene rings is 1. The summed E-state index contributed by atoms with van der Waals surface area (Å²) < 4.78 is 38.7. The zero-order chi connectivity index (χ0) is 24.9. The molecule has 0 N–H and O–H groups in total. The topological polar surface area (TPSA) is 55.8 Å². The van der Waals surface area contributed by atoms with Gasteiger partial charge in [-0.1, -0.05) is 12.1 Å². The molecule has 0 saturated carbocycles. The van der Waals surface area contributed by atoms with E-state index in [0.717, 1.165) is 6.07 Å². The quantitative estimate of drug-likeness (QED) is 0.292. The van der Waals surface area contributed by atoms with Crippen LogP contribution in [-0.4, -0.2) is 49.0 Å². The van der Waals surface area contributed by atoms with Crippen LogP contribution in [0.3, 0.4) is 0 Å². The van der Waals surface area contributed by atoms with E-state index < -0.39 is 17.2 Å². The molecule has 180 valence electrons. The zero-order valence-electron chi connectivity index (χ0n) is 19.6. The fourth-order valence-corrected chi connectivity index (χ4v) is 3.94. The van der Waals surface area contributed by atoms with Gasteiger partial charge in [0.1, 0.15) is 29.6 Å². The Labute approximate surface area is 201 Å². The van der Waals surface area contributed by atoms with Crippen molar-refractivity contribution in [3.8, 4) is 16.9 Å². The van der Waals surface area contributed by atoms with Crippen molar-refractivity contribution in [2.45, 2.75) is 26.4 Å². The van der Waals surface area contributed by atoms with Crippen molar-refractivity contribution in [2.24, 2.45) is 0 Å². The number of benzene rings is 2. The van der Waals surface area contributed by atoms with Crippen molar-refractivity contribution < 1.29 is 27.8 Å². The number of carbonyl (C=O) groups excluding carboxylic acids is 2. The van der Waals surface area contributed by atoms with Gasteiger partial charge in [0.25, 0.3) is 0 Å². The minimum Gasteiger partial charge on any atom is -0.491 e. The molecule has 1 heterocycles. The Balaban J connectivity index is 1.77. The molecule has 8 heteroatoms. The predicted octanol–water partition coefficient (Wildman–Crippen LogP) is 5.58. The highest BCUT2D eigenvalue weighted by molar-refractivity contribution is 7.12. The minimum absolute atomic E-state index is 0.103. The van der Waals surface area contributed by atoms with Crippen LogP contribution < -0.4 is 4.74 Å². The molecular weight excluding hydrogens is 460 g/mol. The summed E-state index contributed by atoms with van der Waals surface area (Å²) >= 11 is 1.30. The van der Waals surface area contributed by atoms with E-state index in [1.54, 1.807) is 47.7 Å². The number of hydrogen-bond acceptors (Lipinski definition) is 6. The molecule has 0 amide bonds. The monoisotopic (exact) mass is 487 g/mol. The van der Waals surface area contributed by atoms with E-state index in [4.69, 9.17) is 9.47 Å². The van der Waals surface area contributed by atoms with Gasteiger partial charge in [0.2, 0.25) is 5.78 Å². The number of nitrogens with zero attached hydrogens (tertiary/aromatic N) is 1. The van der Waals surface area contributed by atoms with E-state index in [0.29, 0.717) is 33.9 Å². The fourth-order valence-electron chi connectivity index (χ4n) is 3.26. The summed E-state index contributed by atoms with van der Waals surface area (Å²) in [5, 5.41) is 1.80. The molecular formula is C26H27F2NO4S. The first-order valence-corrected chi connectivity index (χ1v) is 11.6. The average Bonchev–Trinajstić information content (AvgIpc) is 3.26. The van der Waals surface area contributed by atoms with Gasteiger partial charge >= 0.3 is 5.97 Å². The summed E-state index contributed by atoms with van der Waals surface area (Å²) in [7, 11) is 1.77. The maximum absolute atomic E-state index is 13.7. The number of esters is 1. The van der Waals surface area contributed by atoms with Crippen molar-refractivity contribution >= 4 is 23.1 Å². The molecule has 2 aromatic carbocycles. The van der Waals surface area contributed by atoms with Crippen LogP contribution in [0.5, 0.6) is 5.75 Å². The Bertz CT molecular complexity index is 1140. The summed E-state index contributed by atoms with van der Waals surface area (Å²) in [6.45, 7) is 6.17. The van der Waals surface area contributed by atoms with Crippen LogP contribution in [0.1, 0.15) is 36.0 Å². The van der Waals surface area contributed by atoms with Crippen LogP contribution in [-0.2, 0) is 9.53 Å². The van der Waals surface area contributed by atoms with Gasteiger partial charge in [-0.25, -0.2) is 8.78 Å². The van der Waals surface area contributed by atoms with Crippen molar-refractivity contribution in [1.82, 2.24) is 4.90 Å². The molecule has 1 aromatic heterocycles.